The van der Waals surface area contributed by atoms with Crippen molar-refractivity contribution in [3.05, 3.63) is 0 Å². The van der Waals surface area contributed by atoms with Crippen molar-refractivity contribution in [2.75, 3.05) is 12.3 Å². The molecular weight excluding hydrogens is 369 g/mol. The molecule has 0 saturated carbocycles. The van der Waals surface area contributed by atoms with Crippen LogP contribution in [0.15, 0.2) is 0 Å². The Balaban J connectivity index is 4.35. The van der Waals surface area contributed by atoms with E-state index in [9.17, 15) is 29.4 Å². The monoisotopic (exact) mass is 385 g/mol. The Morgan fingerprint density at radius 3 is 2.33 bits per heavy atom. The molecule has 2 atom stereocenters. The molecule has 0 heterocycles. The Bertz CT molecular complexity index is 408. The van der Waals surface area contributed by atoms with Gasteiger partial charge in [-0.25, -0.2) is 0 Å². The van der Waals surface area contributed by atoms with Gasteiger partial charge in [0.1, 0.15) is 0 Å². The van der Waals surface area contributed by atoms with Crippen molar-refractivity contribution in [3.8, 4) is 0 Å². The molecule has 1 radical (unpaired) electrons. The van der Waals surface area contributed by atoms with Crippen molar-refractivity contribution in [3.63, 3.8) is 0 Å². The average Bonchev–Trinajstić information content (AvgIpc) is 2.41. The van der Waals surface area contributed by atoms with Crippen molar-refractivity contribution < 1.29 is 35.1 Å². The summed E-state index contributed by atoms with van der Waals surface area (Å²) in [7, 11) is 1.16. The molecule has 5 N–H and O–H groups in total. The summed E-state index contributed by atoms with van der Waals surface area (Å²) in [6.07, 6.45) is -0.155. The van der Waals surface area contributed by atoms with Crippen LogP contribution >= 0.6 is 10.2 Å². The van der Waals surface area contributed by atoms with Gasteiger partial charge in [0.05, 0.1) is 0 Å². The van der Waals surface area contributed by atoms with Gasteiger partial charge >= 0.3 is 132 Å². The van der Waals surface area contributed by atoms with Crippen LogP contribution in [0.25, 0.3) is 0 Å². The summed E-state index contributed by atoms with van der Waals surface area (Å²) in [6, 6.07) is -1.95. The number of hydrogen-bond acceptors (Lipinski definition) is 7. The van der Waals surface area contributed by atoms with Crippen LogP contribution in [0, 0.1) is 0 Å². The first-order valence-corrected chi connectivity index (χ1v) is 8.84. The van der Waals surface area contributed by atoms with E-state index in [1.165, 1.54) is 0 Å². The molecule has 0 aromatic rings. The summed E-state index contributed by atoms with van der Waals surface area (Å²) in [5.74, 6) is -3.81. The second-order valence-electron chi connectivity index (χ2n) is 4.05. The number of carbonyl (C=O) groups excluding carboxylic acids is 4. The first kappa shape index (κ1) is 19.7. The second-order valence-corrected chi connectivity index (χ2v) is 6.10. The van der Waals surface area contributed by atoms with Gasteiger partial charge in [-0.2, -0.15) is 0 Å². The fourth-order valence-corrected chi connectivity index (χ4v) is 2.45. The van der Waals surface area contributed by atoms with E-state index in [-0.39, 0.29) is 18.6 Å². The fraction of sp³-hybridized carbons (Fsp3) is 0.600. The van der Waals surface area contributed by atoms with Crippen LogP contribution in [-0.4, -0.2) is 63.0 Å². The molecule has 2 amide bonds. The van der Waals surface area contributed by atoms with Gasteiger partial charge in [-0.1, -0.05) is 0 Å². The predicted molar refractivity (Wildman–Crippen MR) is 69.1 cm³/mol. The van der Waals surface area contributed by atoms with Crippen LogP contribution in [0.1, 0.15) is 12.8 Å². The molecule has 0 aliphatic rings. The molecule has 0 aliphatic heterocycles. The molecule has 0 aliphatic carbocycles. The van der Waals surface area contributed by atoms with Gasteiger partial charge in [-0.15, -0.1) is 0 Å². The third-order valence-electron chi connectivity index (χ3n) is 2.35. The number of amides is 2. The predicted octanol–water partition coefficient (Wildman–Crippen LogP) is -5.71. The van der Waals surface area contributed by atoms with Gasteiger partial charge in [0, 0.05) is 0 Å². The summed E-state index contributed by atoms with van der Waals surface area (Å²) < 4.78 is 0. The zero-order chi connectivity index (χ0) is 16.4. The molecule has 0 fully saturated rings. The van der Waals surface area contributed by atoms with E-state index in [1.54, 1.807) is 0 Å². The summed E-state index contributed by atoms with van der Waals surface area (Å²) in [4.78, 5) is 44.0. The molecule has 0 aromatic heterocycles. The first-order chi connectivity index (χ1) is 9.77. The van der Waals surface area contributed by atoms with E-state index in [1.807, 2.05) is 0 Å². The standard InChI is InChI=1S/C10H16N3O6SSe/c11-5(10(18)19)1-2-7(14)13-6(4-20-21)9(17)12-3-8(15)16/h5-6H,1-4,11H2,(H,12,17)(H,13,14)(H,15,16)(H,18,19)/p-1/t5-,6-/m0/s1. The fourth-order valence-electron chi connectivity index (χ4n) is 1.22. The van der Waals surface area contributed by atoms with Gasteiger partial charge in [0.25, 0.3) is 0 Å². The van der Waals surface area contributed by atoms with Crippen molar-refractivity contribution in [1.29, 1.82) is 0 Å². The van der Waals surface area contributed by atoms with E-state index in [2.05, 4.69) is 31.3 Å². The molecule has 0 spiro atoms. The third-order valence-corrected chi connectivity index (χ3v) is 3.67. The van der Waals surface area contributed by atoms with E-state index in [4.69, 9.17) is 0 Å². The summed E-state index contributed by atoms with van der Waals surface area (Å²) in [5, 5.41) is 25.2. The van der Waals surface area contributed by atoms with Crippen molar-refractivity contribution >= 4 is 48.8 Å². The van der Waals surface area contributed by atoms with Crippen LogP contribution in [0.3, 0.4) is 0 Å². The van der Waals surface area contributed by atoms with E-state index < -0.39 is 42.4 Å². The molecule has 0 aromatic carbocycles. The molecular formula is C10H15N3O6SSe-. The maximum atomic E-state index is 11.7. The summed E-state index contributed by atoms with van der Waals surface area (Å²) in [5.41, 5.74) is 3.31. The summed E-state index contributed by atoms with van der Waals surface area (Å²) in [6.45, 7) is -0.658. The number of quaternary nitrogens is 1. The zero-order valence-electron chi connectivity index (χ0n) is 11.0. The zero-order valence-corrected chi connectivity index (χ0v) is 13.5. The molecule has 0 bridgehead atoms. The minimum absolute atomic E-state index is 0.0209. The van der Waals surface area contributed by atoms with Crippen molar-refractivity contribution in [2.45, 2.75) is 24.9 Å². The molecule has 0 rings (SSSR count). The van der Waals surface area contributed by atoms with E-state index in [0.717, 1.165) is 10.2 Å². The van der Waals surface area contributed by atoms with Crippen LogP contribution in [0.4, 0.5) is 0 Å². The van der Waals surface area contributed by atoms with Crippen LogP contribution in [0.5, 0.6) is 0 Å². The molecule has 119 valence electrons. The van der Waals surface area contributed by atoms with Crippen LogP contribution in [0.2, 0.25) is 0 Å². The third kappa shape index (κ3) is 9.29. The summed E-state index contributed by atoms with van der Waals surface area (Å²) >= 11 is 2.59. The quantitative estimate of drug-likeness (QED) is 0.316. The maximum absolute atomic E-state index is 11.7. The van der Waals surface area contributed by atoms with Crippen molar-refractivity contribution in [1.82, 2.24) is 10.6 Å². The van der Waals surface area contributed by atoms with Crippen molar-refractivity contribution in [2.24, 2.45) is 0 Å². The Hall–Kier alpha value is -1.29. The van der Waals surface area contributed by atoms with Crippen LogP contribution in [-0.2, 0) is 19.2 Å². The number of hydrogen-bond donors (Lipinski definition) is 3. The number of rotatable bonds is 10. The first-order valence-electron chi connectivity index (χ1n) is 5.83. The molecule has 21 heavy (non-hydrogen) atoms. The second kappa shape index (κ2) is 10.4. The molecule has 0 saturated heterocycles. The topological polar surface area (TPSA) is 166 Å². The van der Waals surface area contributed by atoms with Gasteiger partial charge in [0.2, 0.25) is 0 Å². The minimum atomic E-state index is -1.45. The van der Waals surface area contributed by atoms with Gasteiger partial charge in [-0.05, 0) is 0 Å². The van der Waals surface area contributed by atoms with Gasteiger partial charge in [-0.3, -0.25) is 0 Å². The van der Waals surface area contributed by atoms with E-state index in [0.29, 0.717) is 0 Å². The number of aliphatic carboxylic acids is 2. The number of carbonyl (C=O) groups is 4. The number of carboxylic acids is 2. The average molecular weight is 384 g/mol. The Morgan fingerprint density at radius 2 is 1.86 bits per heavy atom. The van der Waals surface area contributed by atoms with E-state index >= 15 is 0 Å². The van der Waals surface area contributed by atoms with Gasteiger partial charge < -0.3 is 0 Å². The number of nitrogens with one attached hydrogen (secondary N) is 2. The number of carboxylic acid groups (broad SMARTS) is 2. The Labute approximate surface area is 132 Å². The Morgan fingerprint density at radius 1 is 1.24 bits per heavy atom. The Kier molecular flexibility index (Phi) is 9.80. The molecule has 11 heteroatoms. The van der Waals surface area contributed by atoms with Crippen LogP contribution < -0.4 is 26.6 Å². The van der Waals surface area contributed by atoms with Gasteiger partial charge in [0.15, 0.2) is 0 Å². The SMILES string of the molecule is [NH3+][C@@H](CCC(=O)N[C@@H](CS[Se])C(=O)NCC(=O)[O-])C(=O)[O-]. The normalized spacial score (nSPS) is 13.0. The molecule has 0 unspecified atom stereocenters. The molecule has 9 nitrogen and oxygen atoms in total.